The van der Waals surface area contributed by atoms with Crippen LogP contribution in [0.25, 0.3) is 0 Å². The number of hydrogen-bond donors (Lipinski definition) is 1. The number of nitrogens with zero attached hydrogens (tertiary/aromatic N) is 7. The number of ketones is 1. The van der Waals surface area contributed by atoms with Gasteiger partial charge in [-0.15, -0.1) is 0 Å². The minimum Gasteiger partial charge on any atom is -0.474 e. The number of rotatable bonds is 8. The zero-order valence-electron chi connectivity index (χ0n) is 30.6. The standard InChI is InChI=1S/C39H45F3N8O4/c1-22(51)39(25-12-23-11-24(14-25)15-26(39)13-23)48-34(52)29-19-46-36(47-33(29)37(2,41)42)50-21-38(5-9-53-10-6-38)30-16-32(43-20-31(30)50)54-28-3-7-49(8-4-28)35-44-17-27(40)18-45-35/h16-20,23-26,28H,3-15,21H2,1-2H3,(H,48,52). The number of carbonyl (C=O) groups is 2. The van der Waals surface area contributed by atoms with Crippen LogP contribution in [0.5, 0.6) is 5.88 Å². The van der Waals surface area contributed by atoms with E-state index in [9.17, 15) is 14.0 Å². The Balaban J connectivity index is 0.980. The van der Waals surface area contributed by atoms with Crippen LogP contribution in [-0.2, 0) is 20.9 Å². The number of Topliss-reactive ketones (excluding diaryl/α,β-unsaturated/α-hetero) is 1. The lowest BCUT2D eigenvalue weighted by atomic mass is 9.47. The first-order valence-corrected chi connectivity index (χ1v) is 19.3. The van der Waals surface area contributed by atoms with Gasteiger partial charge in [-0.3, -0.25) is 9.59 Å². The Morgan fingerprint density at radius 1 is 0.926 bits per heavy atom. The summed E-state index contributed by atoms with van der Waals surface area (Å²) in [6.07, 6.45) is 12.5. The summed E-state index contributed by atoms with van der Waals surface area (Å²) in [6.45, 7) is 5.04. The number of halogens is 3. The molecule has 286 valence electrons. The summed E-state index contributed by atoms with van der Waals surface area (Å²) in [5.74, 6) is -2.68. The molecule has 6 fully saturated rings. The highest BCUT2D eigenvalue weighted by molar-refractivity contribution is 6.00. The Labute approximate surface area is 311 Å². The van der Waals surface area contributed by atoms with Crippen molar-refractivity contribution in [3.63, 3.8) is 0 Å². The SMILES string of the molecule is CC(=O)C1(NC(=O)c2cnc(N3CC4(CCOCC4)c4cc(OC5CCN(c6ncc(F)cn6)CC5)ncc43)nc2C(C)(F)F)C2CC3CC(C2)CC1C3. The summed E-state index contributed by atoms with van der Waals surface area (Å²) in [5.41, 5.74) is -0.772. The third-order valence-electron chi connectivity index (χ3n) is 13.3. The molecule has 0 unspecified atom stereocenters. The molecule has 10 rings (SSSR count). The normalized spacial score (nSPS) is 28.7. The van der Waals surface area contributed by atoms with Crippen LogP contribution in [-0.4, -0.2) is 81.1 Å². The van der Waals surface area contributed by atoms with E-state index in [2.05, 4.69) is 30.2 Å². The summed E-state index contributed by atoms with van der Waals surface area (Å²) in [7, 11) is 0. The molecule has 0 aromatic carbocycles. The Kier molecular flexibility index (Phi) is 8.58. The van der Waals surface area contributed by atoms with Crippen molar-refractivity contribution in [2.75, 3.05) is 42.6 Å². The number of anilines is 3. The molecule has 54 heavy (non-hydrogen) atoms. The van der Waals surface area contributed by atoms with Gasteiger partial charge in [-0.25, -0.2) is 29.3 Å². The van der Waals surface area contributed by atoms with Gasteiger partial charge in [-0.1, -0.05) is 0 Å². The number of carbonyl (C=O) groups excluding carboxylic acids is 2. The molecule has 15 heteroatoms. The molecule has 6 heterocycles. The lowest BCUT2D eigenvalue weighted by Gasteiger charge is -2.60. The number of nitrogens with one attached hydrogen (secondary N) is 1. The Morgan fingerprint density at radius 2 is 1.57 bits per heavy atom. The van der Waals surface area contributed by atoms with Crippen LogP contribution in [0.15, 0.2) is 30.9 Å². The highest BCUT2D eigenvalue weighted by atomic mass is 19.3. The van der Waals surface area contributed by atoms with E-state index >= 15 is 8.78 Å². The molecule has 7 aliphatic rings. The smallest absolute Gasteiger partial charge is 0.287 e. The van der Waals surface area contributed by atoms with Crippen LogP contribution >= 0.6 is 0 Å². The summed E-state index contributed by atoms with van der Waals surface area (Å²) in [6, 6.07) is 1.94. The number of hydrogen-bond acceptors (Lipinski definition) is 11. The second kappa shape index (κ2) is 13.1. The summed E-state index contributed by atoms with van der Waals surface area (Å²) >= 11 is 0. The second-order valence-electron chi connectivity index (χ2n) is 16.5. The quantitative estimate of drug-likeness (QED) is 0.305. The molecule has 0 radical (unpaired) electrons. The predicted molar refractivity (Wildman–Crippen MR) is 190 cm³/mol. The third kappa shape index (κ3) is 5.97. The number of pyridine rings is 1. The molecule has 0 atom stereocenters. The fourth-order valence-electron chi connectivity index (χ4n) is 10.8. The van der Waals surface area contributed by atoms with Crippen LogP contribution in [0.4, 0.5) is 30.8 Å². The maximum atomic E-state index is 15.5. The van der Waals surface area contributed by atoms with E-state index in [4.69, 9.17) is 9.47 Å². The van der Waals surface area contributed by atoms with Crippen LogP contribution in [0, 0.1) is 29.5 Å². The minimum absolute atomic E-state index is 0.00272. The Hall–Kier alpha value is -4.40. The van der Waals surface area contributed by atoms with Gasteiger partial charge < -0.3 is 24.6 Å². The van der Waals surface area contributed by atoms with Crippen molar-refractivity contribution in [3.05, 3.63) is 53.5 Å². The molecule has 1 amide bonds. The molecule has 4 saturated carbocycles. The van der Waals surface area contributed by atoms with E-state index in [0.717, 1.165) is 50.6 Å². The van der Waals surface area contributed by atoms with Gasteiger partial charge in [-0.05, 0) is 81.1 Å². The Morgan fingerprint density at radius 3 is 2.20 bits per heavy atom. The number of ether oxygens (including phenoxy) is 2. The average molecular weight is 747 g/mol. The molecule has 4 aliphatic carbocycles. The number of amides is 1. The predicted octanol–water partition coefficient (Wildman–Crippen LogP) is 5.67. The fraction of sp³-hybridized carbons (Fsp3) is 0.615. The first-order valence-electron chi connectivity index (χ1n) is 19.3. The van der Waals surface area contributed by atoms with Gasteiger partial charge in [0.15, 0.2) is 11.6 Å². The second-order valence-corrected chi connectivity index (χ2v) is 16.5. The molecule has 3 aromatic rings. The number of piperidine rings is 1. The van der Waals surface area contributed by atoms with E-state index in [1.54, 1.807) is 6.20 Å². The van der Waals surface area contributed by atoms with E-state index in [-0.39, 0.29) is 40.6 Å². The van der Waals surface area contributed by atoms with E-state index in [0.29, 0.717) is 87.9 Å². The van der Waals surface area contributed by atoms with Crippen molar-refractivity contribution >= 4 is 29.3 Å². The van der Waals surface area contributed by atoms with E-state index in [1.165, 1.54) is 19.5 Å². The number of aromatic nitrogens is 5. The monoisotopic (exact) mass is 746 g/mol. The number of fused-ring (bicyclic) bond motifs is 2. The summed E-state index contributed by atoms with van der Waals surface area (Å²) in [5, 5.41) is 3.03. The molecular weight excluding hydrogens is 701 g/mol. The van der Waals surface area contributed by atoms with Crippen molar-refractivity contribution in [1.29, 1.82) is 0 Å². The van der Waals surface area contributed by atoms with Gasteiger partial charge >= 0.3 is 0 Å². The third-order valence-corrected chi connectivity index (χ3v) is 13.3. The van der Waals surface area contributed by atoms with Crippen molar-refractivity contribution < 1.29 is 32.2 Å². The lowest BCUT2D eigenvalue weighted by molar-refractivity contribution is -0.141. The highest BCUT2D eigenvalue weighted by Gasteiger charge is 2.60. The molecule has 3 aromatic heterocycles. The van der Waals surface area contributed by atoms with Crippen LogP contribution in [0.2, 0.25) is 0 Å². The van der Waals surface area contributed by atoms with Gasteiger partial charge in [0.2, 0.25) is 17.8 Å². The minimum atomic E-state index is -3.47. The van der Waals surface area contributed by atoms with Crippen molar-refractivity contribution in [1.82, 2.24) is 30.2 Å². The van der Waals surface area contributed by atoms with Crippen LogP contribution < -0.4 is 19.9 Å². The van der Waals surface area contributed by atoms with Gasteiger partial charge in [-0.2, -0.15) is 8.78 Å². The van der Waals surface area contributed by atoms with Crippen molar-refractivity contribution in [2.24, 2.45) is 23.7 Å². The van der Waals surface area contributed by atoms with Crippen LogP contribution in [0.3, 0.4) is 0 Å². The molecule has 3 aliphatic heterocycles. The Bertz CT molecular complexity index is 1920. The van der Waals surface area contributed by atoms with Gasteiger partial charge in [0.1, 0.15) is 17.3 Å². The summed E-state index contributed by atoms with van der Waals surface area (Å²) < 4.78 is 56.5. The average Bonchev–Trinajstić information content (AvgIpc) is 3.45. The molecule has 1 N–H and O–H groups in total. The maximum absolute atomic E-state index is 15.5. The molecular formula is C39H45F3N8O4. The van der Waals surface area contributed by atoms with Crippen molar-refractivity contribution in [3.8, 4) is 5.88 Å². The van der Waals surface area contributed by atoms with Crippen molar-refractivity contribution in [2.45, 2.75) is 94.6 Å². The van der Waals surface area contributed by atoms with Gasteiger partial charge in [0.05, 0.1) is 29.8 Å². The zero-order chi connectivity index (χ0) is 37.4. The van der Waals surface area contributed by atoms with Gasteiger partial charge in [0, 0.05) is 70.3 Å². The molecule has 4 bridgehead atoms. The molecule has 2 saturated heterocycles. The zero-order valence-corrected chi connectivity index (χ0v) is 30.6. The topological polar surface area (TPSA) is 136 Å². The van der Waals surface area contributed by atoms with E-state index < -0.39 is 28.9 Å². The molecule has 12 nitrogen and oxygen atoms in total. The summed E-state index contributed by atoms with van der Waals surface area (Å²) in [4.78, 5) is 53.0. The first kappa shape index (κ1) is 35.3. The maximum Gasteiger partial charge on any atom is 0.287 e. The van der Waals surface area contributed by atoms with Gasteiger partial charge in [0.25, 0.3) is 11.8 Å². The van der Waals surface area contributed by atoms with Crippen LogP contribution in [0.1, 0.15) is 93.3 Å². The fourth-order valence-corrected chi connectivity index (χ4v) is 10.8. The highest BCUT2D eigenvalue weighted by Crippen LogP contribution is 2.59. The first-order chi connectivity index (χ1) is 25.9. The van der Waals surface area contributed by atoms with E-state index in [1.807, 2.05) is 15.9 Å². The lowest BCUT2D eigenvalue weighted by Crippen LogP contribution is -2.69. The largest absolute Gasteiger partial charge is 0.474 e. The molecule has 1 spiro atoms. The number of alkyl halides is 2.